The number of urea groups is 1. The Morgan fingerprint density at radius 2 is 2.16 bits per heavy atom. The lowest BCUT2D eigenvalue weighted by Crippen LogP contribution is -2.28. The zero-order valence-corrected chi connectivity index (χ0v) is 10.4. The van der Waals surface area contributed by atoms with E-state index in [4.69, 9.17) is 0 Å². The van der Waals surface area contributed by atoms with E-state index in [1.807, 2.05) is 6.92 Å². The first kappa shape index (κ1) is 12.9. The van der Waals surface area contributed by atoms with E-state index in [9.17, 15) is 9.18 Å². The minimum Gasteiger partial charge on any atom is -0.338 e. The number of hydrogen-bond donors (Lipinski definition) is 2. The molecule has 0 aliphatic rings. The Morgan fingerprint density at radius 1 is 1.32 bits per heavy atom. The highest BCUT2D eigenvalue weighted by molar-refractivity contribution is 5.88. The van der Waals surface area contributed by atoms with E-state index in [0.717, 1.165) is 11.8 Å². The van der Waals surface area contributed by atoms with E-state index < -0.39 is 5.82 Å². The van der Waals surface area contributed by atoms with Crippen LogP contribution in [-0.2, 0) is 0 Å². The lowest BCUT2D eigenvalue weighted by molar-refractivity contribution is 0.252. The number of aromatic nitrogens is 2. The highest BCUT2D eigenvalue weighted by Crippen LogP contribution is 2.20. The second-order valence-corrected chi connectivity index (χ2v) is 3.81. The van der Waals surface area contributed by atoms with Gasteiger partial charge in [-0.05, 0) is 30.7 Å². The van der Waals surface area contributed by atoms with Gasteiger partial charge >= 0.3 is 6.03 Å². The fraction of sp³-hybridized carbons (Fsp3) is 0.154. The third-order valence-corrected chi connectivity index (χ3v) is 2.38. The SMILES string of the molecule is CCNC(=O)Nc1cc(-c2cncc(F)c2)ccn1. The number of nitrogens with one attached hydrogen (secondary N) is 2. The van der Waals surface area contributed by atoms with Crippen molar-refractivity contribution >= 4 is 11.8 Å². The van der Waals surface area contributed by atoms with Gasteiger partial charge in [0.25, 0.3) is 0 Å². The first-order valence-electron chi connectivity index (χ1n) is 5.81. The average Bonchev–Trinajstić information content (AvgIpc) is 2.39. The maximum absolute atomic E-state index is 13.1. The molecule has 2 aromatic heterocycles. The molecule has 0 radical (unpaired) electrons. The molecule has 0 saturated heterocycles. The van der Waals surface area contributed by atoms with Gasteiger partial charge in [0.1, 0.15) is 11.6 Å². The van der Waals surface area contributed by atoms with Gasteiger partial charge in [-0.25, -0.2) is 14.2 Å². The summed E-state index contributed by atoms with van der Waals surface area (Å²) in [6.45, 7) is 2.35. The Bertz CT molecular complexity index is 588. The fourth-order valence-electron chi connectivity index (χ4n) is 1.57. The quantitative estimate of drug-likeness (QED) is 0.890. The molecule has 2 N–H and O–H groups in total. The lowest BCUT2D eigenvalue weighted by atomic mass is 10.1. The molecule has 98 valence electrons. The minimum atomic E-state index is -0.410. The smallest absolute Gasteiger partial charge is 0.320 e. The van der Waals surface area contributed by atoms with Crippen molar-refractivity contribution in [2.24, 2.45) is 0 Å². The second-order valence-electron chi connectivity index (χ2n) is 3.81. The summed E-state index contributed by atoms with van der Waals surface area (Å²) in [5, 5.41) is 5.19. The number of nitrogens with zero attached hydrogens (tertiary/aromatic N) is 2. The van der Waals surface area contributed by atoms with Gasteiger partial charge in [0.05, 0.1) is 6.20 Å². The van der Waals surface area contributed by atoms with E-state index >= 15 is 0 Å². The van der Waals surface area contributed by atoms with Crippen molar-refractivity contribution < 1.29 is 9.18 Å². The number of amides is 2. The van der Waals surface area contributed by atoms with Crippen LogP contribution in [0.25, 0.3) is 11.1 Å². The molecule has 0 aromatic carbocycles. The third-order valence-electron chi connectivity index (χ3n) is 2.38. The fourth-order valence-corrected chi connectivity index (χ4v) is 1.57. The number of anilines is 1. The van der Waals surface area contributed by atoms with E-state index in [0.29, 0.717) is 17.9 Å². The standard InChI is InChI=1S/C13H13FN4O/c1-2-16-13(19)18-12-6-9(3-4-17-12)10-5-11(14)8-15-7-10/h3-8H,2H2,1H3,(H2,16,17,18,19). The Morgan fingerprint density at radius 3 is 2.89 bits per heavy atom. The van der Waals surface area contributed by atoms with E-state index in [1.165, 1.54) is 6.07 Å². The normalized spacial score (nSPS) is 10.0. The molecule has 0 aliphatic heterocycles. The Hall–Kier alpha value is -2.50. The highest BCUT2D eigenvalue weighted by Gasteiger charge is 2.04. The molecule has 0 fully saturated rings. The van der Waals surface area contributed by atoms with Crippen LogP contribution in [0.3, 0.4) is 0 Å². The number of carbonyl (C=O) groups is 1. The summed E-state index contributed by atoms with van der Waals surface area (Å²) in [5.74, 6) is -0.0136. The van der Waals surface area contributed by atoms with Gasteiger partial charge in [-0.2, -0.15) is 0 Å². The maximum atomic E-state index is 13.1. The van der Waals surface area contributed by atoms with Gasteiger partial charge in [0.15, 0.2) is 0 Å². The molecule has 0 unspecified atom stereocenters. The third kappa shape index (κ3) is 3.48. The number of pyridine rings is 2. The second kappa shape index (κ2) is 5.90. The summed E-state index contributed by atoms with van der Waals surface area (Å²) in [6, 6.07) is 4.42. The van der Waals surface area contributed by atoms with Crippen molar-refractivity contribution in [1.82, 2.24) is 15.3 Å². The van der Waals surface area contributed by atoms with Gasteiger partial charge < -0.3 is 5.32 Å². The molecule has 2 aromatic rings. The van der Waals surface area contributed by atoms with Crippen molar-refractivity contribution in [2.75, 3.05) is 11.9 Å². The zero-order valence-electron chi connectivity index (χ0n) is 10.4. The largest absolute Gasteiger partial charge is 0.338 e. The predicted octanol–water partition coefficient (Wildman–Crippen LogP) is 2.42. The van der Waals surface area contributed by atoms with Gasteiger partial charge in [-0.15, -0.1) is 0 Å². The Kier molecular flexibility index (Phi) is 4.02. The summed E-state index contributed by atoms with van der Waals surface area (Å²) in [5.41, 5.74) is 1.36. The summed E-state index contributed by atoms with van der Waals surface area (Å²) in [4.78, 5) is 19.2. The van der Waals surface area contributed by atoms with Crippen molar-refractivity contribution in [1.29, 1.82) is 0 Å². The maximum Gasteiger partial charge on any atom is 0.320 e. The first-order valence-corrected chi connectivity index (χ1v) is 5.81. The molecular formula is C13H13FN4O. The zero-order chi connectivity index (χ0) is 13.7. The summed E-state index contributed by atoms with van der Waals surface area (Å²) >= 11 is 0. The van der Waals surface area contributed by atoms with Gasteiger partial charge in [-0.3, -0.25) is 10.3 Å². The topological polar surface area (TPSA) is 66.9 Å². The molecule has 0 aliphatic carbocycles. The van der Waals surface area contributed by atoms with E-state index in [-0.39, 0.29) is 6.03 Å². The molecule has 2 rings (SSSR count). The van der Waals surface area contributed by atoms with Crippen LogP contribution in [0.15, 0.2) is 36.8 Å². The van der Waals surface area contributed by atoms with Gasteiger partial charge in [-0.1, -0.05) is 0 Å². The lowest BCUT2D eigenvalue weighted by Gasteiger charge is -2.07. The number of halogens is 1. The Balaban J connectivity index is 2.22. The Labute approximate surface area is 109 Å². The van der Waals surface area contributed by atoms with Gasteiger partial charge in [0.2, 0.25) is 0 Å². The van der Waals surface area contributed by atoms with Crippen LogP contribution in [0.5, 0.6) is 0 Å². The average molecular weight is 260 g/mol. The van der Waals surface area contributed by atoms with Crippen LogP contribution in [0.1, 0.15) is 6.92 Å². The van der Waals surface area contributed by atoms with Gasteiger partial charge in [0, 0.05) is 24.5 Å². The van der Waals surface area contributed by atoms with E-state index in [2.05, 4.69) is 20.6 Å². The summed E-state index contributed by atoms with van der Waals surface area (Å²) in [7, 11) is 0. The number of carbonyl (C=O) groups excluding carboxylic acids is 1. The van der Waals surface area contributed by atoms with Crippen LogP contribution < -0.4 is 10.6 Å². The molecular weight excluding hydrogens is 247 g/mol. The summed E-state index contributed by atoms with van der Waals surface area (Å²) in [6.07, 6.45) is 4.23. The molecule has 2 amide bonds. The van der Waals surface area contributed by atoms with Crippen LogP contribution in [0.2, 0.25) is 0 Å². The predicted molar refractivity (Wildman–Crippen MR) is 70.1 cm³/mol. The summed E-state index contributed by atoms with van der Waals surface area (Å²) < 4.78 is 13.1. The molecule has 2 heterocycles. The van der Waals surface area contributed by atoms with Crippen molar-refractivity contribution in [2.45, 2.75) is 6.92 Å². The molecule has 6 heteroatoms. The van der Waals surface area contributed by atoms with E-state index in [1.54, 1.807) is 24.5 Å². The first-order chi connectivity index (χ1) is 9.19. The van der Waals surface area contributed by atoms with Crippen LogP contribution in [0, 0.1) is 5.82 Å². The molecule has 0 spiro atoms. The molecule has 0 saturated carbocycles. The molecule has 0 atom stereocenters. The van der Waals surface area contributed by atoms with Crippen LogP contribution in [0.4, 0.5) is 15.0 Å². The minimum absolute atomic E-state index is 0.329. The molecule has 5 nitrogen and oxygen atoms in total. The van der Waals surface area contributed by atoms with Crippen molar-refractivity contribution in [3.8, 4) is 11.1 Å². The highest BCUT2D eigenvalue weighted by atomic mass is 19.1. The molecule has 19 heavy (non-hydrogen) atoms. The monoisotopic (exact) mass is 260 g/mol. The number of hydrogen-bond acceptors (Lipinski definition) is 3. The van der Waals surface area contributed by atoms with Crippen LogP contribution >= 0.6 is 0 Å². The van der Waals surface area contributed by atoms with Crippen molar-refractivity contribution in [3.63, 3.8) is 0 Å². The van der Waals surface area contributed by atoms with Crippen LogP contribution in [-0.4, -0.2) is 22.5 Å². The number of rotatable bonds is 3. The molecule has 0 bridgehead atoms. The van der Waals surface area contributed by atoms with Crippen molar-refractivity contribution in [3.05, 3.63) is 42.6 Å².